The van der Waals surface area contributed by atoms with Crippen molar-refractivity contribution in [2.24, 2.45) is 0 Å². The molecule has 0 unspecified atom stereocenters. The van der Waals surface area contributed by atoms with Gasteiger partial charge in [-0.25, -0.2) is 4.98 Å². The van der Waals surface area contributed by atoms with E-state index in [0.29, 0.717) is 5.11 Å². The molecule has 3 nitrogen and oxygen atoms in total. The lowest BCUT2D eigenvalue weighted by Crippen LogP contribution is -2.48. The molecule has 2 aromatic rings. The molecule has 1 heterocycles. The fraction of sp³-hybridized carbons (Fsp3) is 0.400. The highest BCUT2D eigenvalue weighted by molar-refractivity contribution is 7.80. The van der Waals surface area contributed by atoms with E-state index in [0.717, 1.165) is 42.1 Å². The van der Waals surface area contributed by atoms with Gasteiger partial charge in [-0.2, -0.15) is 0 Å². The lowest BCUT2D eigenvalue weighted by Gasteiger charge is -2.32. The molecule has 0 radical (unpaired) electrons. The van der Waals surface area contributed by atoms with Gasteiger partial charge in [0, 0.05) is 16.8 Å². The van der Waals surface area contributed by atoms with Crippen LogP contribution in [0.25, 0.3) is 0 Å². The quantitative estimate of drug-likeness (QED) is 0.699. The van der Waals surface area contributed by atoms with E-state index in [1.807, 2.05) is 37.3 Å². The normalized spacial score (nSPS) is 15.8. The van der Waals surface area contributed by atoms with Crippen molar-refractivity contribution in [2.75, 3.05) is 5.32 Å². The molecule has 0 amide bonds. The topological polar surface area (TPSA) is 37.0 Å². The van der Waals surface area contributed by atoms with Crippen LogP contribution in [0.2, 0.25) is 5.02 Å². The van der Waals surface area contributed by atoms with Crippen LogP contribution in [0.15, 0.2) is 42.6 Å². The Balaban J connectivity index is 1.65. The van der Waals surface area contributed by atoms with Crippen LogP contribution in [0.5, 0.6) is 0 Å². The summed E-state index contributed by atoms with van der Waals surface area (Å²) in [5, 5.41) is 8.35. The number of thiocarbonyl (C=S) groups is 1. The summed E-state index contributed by atoms with van der Waals surface area (Å²) >= 11 is 11.9. The molecule has 1 aliphatic rings. The van der Waals surface area contributed by atoms with Crippen molar-refractivity contribution in [2.45, 2.75) is 51.0 Å². The molecule has 25 heavy (non-hydrogen) atoms. The summed E-state index contributed by atoms with van der Waals surface area (Å²) < 4.78 is 0. The van der Waals surface area contributed by atoms with Gasteiger partial charge >= 0.3 is 0 Å². The molecular formula is C20H24ClN3S. The summed E-state index contributed by atoms with van der Waals surface area (Å²) in [6.45, 7) is 2.03. The molecule has 132 valence electrons. The van der Waals surface area contributed by atoms with E-state index in [1.54, 1.807) is 6.20 Å². The maximum atomic E-state index is 6.32. The number of aromatic nitrogens is 1. The van der Waals surface area contributed by atoms with Crippen LogP contribution in [0.4, 0.5) is 5.82 Å². The van der Waals surface area contributed by atoms with Gasteiger partial charge in [0.25, 0.3) is 0 Å². The molecule has 1 aromatic heterocycles. The van der Waals surface area contributed by atoms with Crippen LogP contribution in [0, 0.1) is 6.92 Å². The molecule has 0 bridgehead atoms. The summed E-state index contributed by atoms with van der Waals surface area (Å²) in [5.74, 6) is 0.819. The van der Waals surface area contributed by atoms with Gasteiger partial charge in [0.2, 0.25) is 0 Å². The summed E-state index contributed by atoms with van der Waals surface area (Å²) in [4.78, 5) is 4.36. The second-order valence-corrected chi connectivity index (χ2v) is 7.64. The smallest absolute Gasteiger partial charge is 0.172 e. The van der Waals surface area contributed by atoms with Crippen molar-refractivity contribution in [3.05, 3.63) is 58.7 Å². The monoisotopic (exact) mass is 373 g/mol. The lowest BCUT2D eigenvalue weighted by atomic mass is 9.89. The molecule has 0 saturated heterocycles. The Labute approximate surface area is 160 Å². The minimum absolute atomic E-state index is 0.0476. The number of halogens is 1. The summed E-state index contributed by atoms with van der Waals surface area (Å²) in [5.41, 5.74) is 2.34. The third kappa shape index (κ3) is 4.71. The van der Waals surface area contributed by atoms with E-state index < -0.39 is 0 Å². The zero-order valence-electron chi connectivity index (χ0n) is 14.5. The van der Waals surface area contributed by atoms with E-state index in [1.165, 1.54) is 18.4 Å². The predicted molar refractivity (Wildman–Crippen MR) is 109 cm³/mol. The van der Waals surface area contributed by atoms with Crippen molar-refractivity contribution in [1.82, 2.24) is 10.3 Å². The fourth-order valence-corrected chi connectivity index (χ4v) is 4.10. The molecule has 1 saturated carbocycles. The van der Waals surface area contributed by atoms with Crippen LogP contribution in [0.3, 0.4) is 0 Å². The Morgan fingerprint density at radius 1 is 1.20 bits per heavy atom. The Bertz CT molecular complexity index is 741. The number of nitrogens with zero attached hydrogens (tertiary/aromatic N) is 1. The van der Waals surface area contributed by atoms with Gasteiger partial charge in [-0.15, -0.1) is 0 Å². The number of aryl methyl sites for hydroxylation is 2. The summed E-state index contributed by atoms with van der Waals surface area (Å²) in [7, 11) is 0. The molecule has 1 aromatic carbocycles. The van der Waals surface area contributed by atoms with Crippen molar-refractivity contribution in [1.29, 1.82) is 0 Å². The first-order valence-electron chi connectivity index (χ1n) is 8.82. The summed E-state index contributed by atoms with van der Waals surface area (Å²) in [6.07, 6.45) is 8.51. The van der Waals surface area contributed by atoms with Crippen molar-refractivity contribution >= 4 is 34.7 Å². The number of hydrogen-bond acceptors (Lipinski definition) is 2. The summed E-state index contributed by atoms with van der Waals surface area (Å²) in [6, 6.07) is 12.1. The van der Waals surface area contributed by atoms with Crippen LogP contribution in [-0.2, 0) is 6.42 Å². The molecule has 0 aliphatic heterocycles. The van der Waals surface area contributed by atoms with Crippen LogP contribution in [0.1, 0.15) is 43.2 Å². The SMILES string of the molecule is Cc1cccnc1NC(=S)NC1(CCc2ccccc2Cl)CCCC1. The van der Waals surface area contributed by atoms with E-state index in [9.17, 15) is 0 Å². The molecule has 0 atom stereocenters. The van der Waals surface area contributed by atoms with E-state index >= 15 is 0 Å². The second-order valence-electron chi connectivity index (χ2n) is 6.83. The Hall–Kier alpha value is -1.65. The van der Waals surface area contributed by atoms with Gasteiger partial charge in [0.1, 0.15) is 5.82 Å². The van der Waals surface area contributed by atoms with Crippen molar-refractivity contribution in [3.8, 4) is 0 Å². The van der Waals surface area contributed by atoms with Gasteiger partial charge < -0.3 is 10.6 Å². The van der Waals surface area contributed by atoms with Crippen LogP contribution in [-0.4, -0.2) is 15.6 Å². The van der Waals surface area contributed by atoms with Gasteiger partial charge in [-0.1, -0.05) is 48.7 Å². The predicted octanol–water partition coefficient (Wildman–Crippen LogP) is 5.28. The number of pyridine rings is 1. The minimum atomic E-state index is 0.0476. The Morgan fingerprint density at radius 3 is 2.68 bits per heavy atom. The first-order valence-corrected chi connectivity index (χ1v) is 9.61. The first kappa shape index (κ1) is 18.2. The number of hydrogen-bond donors (Lipinski definition) is 2. The van der Waals surface area contributed by atoms with Gasteiger partial charge in [0.05, 0.1) is 0 Å². The highest BCUT2D eigenvalue weighted by Gasteiger charge is 2.34. The van der Waals surface area contributed by atoms with Crippen molar-refractivity contribution in [3.63, 3.8) is 0 Å². The maximum absolute atomic E-state index is 6.32. The number of benzene rings is 1. The molecule has 2 N–H and O–H groups in total. The lowest BCUT2D eigenvalue weighted by molar-refractivity contribution is 0.362. The molecule has 1 aliphatic carbocycles. The molecule has 0 spiro atoms. The van der Waals surface area contributed by atoms with Crippen molar-refractivity contribution < 1.29 is 0 Å². The number of rotatable bonds is 5. The van der Waals surface area contributed by atoms with E-state index in [2.05, 4.69) is 21.7 Å². The third-order valence-corrected chi connectivity index (χ3v) is 5.58. The minimum Gasteiger partial charge on any atom is -0.357 e. The Morgan fingerprint density at radius 2 is 1.96 bits per heavy atom. The highest BCUT2D eigenvalue weighted by atomic mass is 35.5. The first-order chi connectivity index (χ1) is 12.1. The number of anilines is 1. The van der Waals surface area contributed by atoms with Crippen LogP contribution >= 0.6 is 23.8 Å². The van der Waals surface area contributed by atoms with Gasteiger partial charge in [-0.05, 0) is 68.1 Å². The van der Waals surface area contributed by atoms with E-state index in [-0.39, 0.29) is 5.54 Å². The molecule has 5 heteroatoms. The average molecular weight is 374 g/mol. The zero-order chi connectivity index (χ0) is 17.7. The highest BCUT2D eigenvalue weighted by Crippen LogP contribution is 2.34. The molecule has 1 fully saturated rings. The second kappa shape index (κ2) is 8.15. The molecular weight excluding hydrogens is 350 g/mol. The molecule has 3 rings (SSSR count). The van der Waals surface area contributed by atoms with Gasteiger partial charge in [-0.3, -0.25) is 0 Å². The van der Waals surface area contributed by atoms with Gasteiger partial charge in [0.15, 0.2) is 5.11 Å². The fourth-order valence-electron chi connectivity index (χ4n) is 3.56. The van der Waals surface area contributed by atoms with Crippen LogP contribution < -0.4 is 10.6 Å². The largest absolute Gasteiger partial charge is 0.357 e. The average Bonchev–Trinajstić information content (AvgIpc) is 3.05. The Kier molecular flexibility index (Phi) is 5.92. The van der Waals surface area contributed by atoms with E-state index in [4.69, 9.17) is 23.8 Å². The standard InChI is InChI=1S/C20H24ClN3S/c1-15-7-6-14-22-18(15)23-19(25)24-20(11-4-5-12-20)13-10-16-8-2-3-9-17(16)21/h2-3,6-9,14H,4-5,10-13H2,1H3,(H2,22,23,24,25). The third-order valence-electron chi connectivity index (χ3n) is 5.01. The zero-order valence-corrected chi connectivity index (χ0v) is 16.1. The maximum Gasteiger partial charge on any atom is 0.172 e. The number of nitrogens with one attached hydrogen (secondary N) is 2.